The van der Waals surface area contributed by atoms with Crippen molar-refractivity contribution in [1.82, 2.24) is 9.78 Å². The molecule has 2 heterocycles. The van der Waals surface area contributed by atoms with E-state index in [2.05, 4.69) is 34.5 Å². The van der Waals surface area contributed by atoms with Crippen molar-refractivity contribution in [2.24, 2.45) is 0 Å². The number of amides is 1. The van der Waals surface area contributed by atoms with Crippen LogP contribution in [-0.4, -0.2) is 29.3 Å². The molecule has 1 aromatic heterocycles. The van der Waals surface area contributed by atoms with E-state index in [0.29, 0.717) is 5.56 Å². The Morgan fingerprint density at radius 2 is 2.08 bits per heavy atom. The van der Waals surface area contributed by atoms with Crippen LogP contribution in [0.2, 0.25) is 0 Å². The van der Waals surface area contributed by atoms with Gasteiger partial charge in [0.15, 0.2) is 0 Å². The van der Waals surface area contributed by atoms with Crippen LogP contribution in [0.4, 0.5) is 11.4 Å². The summed E-state index contributed by atoms with van der Waals surface area (Å²) in [5, 5.41) is 7.21. The number of anilines is 2. The van der Waals surface area contributed by atoms with E-state index in [0.717, 1.165) is 24.3 Å². The van der Waals surface area contributed by atoms with Crippen molar-refractivity contribution in [1.29, 1.82) is 0 Å². The van der Waals surface area contributed by atoms with E-state index in [4.69, 9.17) is 0 Å². The second-order valence-electron chi connectivity index (χ2n) is 6.32. The summed E-state index contributed by atoms with van der Waals surface area (Å²) in [6, 6.07) is 15.5. The molecule has 126 valence electrons. The number of carbonyl (C=O) groups is 1. The first-order valence-corrected chi connectivity index (χ1v) is 8.46. The highest BCUT2D eigenvalue weighted by Crippen LogP contribution is 2.29. The molecule has 1 amide bonds. The molecule has 4 rings (SSSR count). The third kappa shape index (κ3) is 3.13. The van der Waals surface area contributed by atoms with Gasteiger partial charge < -0.3 is 10.2 Å². The number of fused-ring (bicyclic) bond motifs is 1. The Hall–Kier alpha value is -3.08. The zero-order chi connectivity index (χ0) is 17.2. The first kappa shape index (κ1) is 15.4. The van der Waals surface area contributed by atoms with Crippen molar-refractivity contribution >= 4 is 17.3 Å². The monoisotopic (exact) mass is 332 g/mol. The van der Waals surface area contributed by atoms with Crippen molar-refractivity contribution in [3.8, 4) is 5.69 Å². The molecule has 1 N–H and O–H groups in total. The molecule has 25 heavy (non-hydrogen) atoms. The highest BCUT2D eigenvalue weighted by molar-refractivity contribution is 6.04. The molecule has 0 spiro atoms. The largest absolute Gasteiger partial charge is 0.374 e. The van der Waals surface area contributed by atoms with Crippen molar-refractivity contribution in [3.63, 3.8) is 0 Å². The average molecular weight is 332 g/mol. The number of nitrogens with one attached hydrogen (secondary N) is 1. The van der Waals surface area contributed by atoms with Gasteiger partial charge in [0.05, 0.1) is 5.69 Å². The fraction of sp³-hybridized carbons (Fsp3) is 0.200. The SMILES string of the molecule is CN1CCCc2ccc(NC(=O)c3cccc(-n4cccn4)c3)cc21. The summed E-state index contributed by atoms with van der Waals surface area (Å²) in [7, 11) is 2.09. The predicted octanol–water partition coefficient (Wildman–Crippen LogP) is 3.51. The van der Waals surface area contributed by atoms with Gasteiger partial charge in [0.25, 0.3) is 5.91 Å². The van der Waals surface area contributed by atoms with Crippen molar-refractivity contribution in [3.05, 3.63) is 72.1 Å². The Bertz CT molecular complexity index is 902. The Kier molecular flexibility index (Phi) is 3.98. The molecule has 1 aliphatic heterocycles. The molecule has 0 atom stereocenters. The minimum atomic E-state index is -0.118. The lowest BCUT2D eigenvalue weighted by Gasteiger charge is -2.28. The van der Waals surface area contributed by atoms with E-state index in [1.54, 1.807) is 10.9 Å². The van der Waals surface area contributed by atoms with Crippen LogP contribution in [0.1, 0.15) is 22.3 Å². The molecule has 1 aliphatic rings. The number of aryl methyl sites for hydroxylation is 1. The van der Waals surface area contributed by atoms with Crippen molar-refractivity contribution < 1.29 is 4.79 Å². The third-order valence-corrected chi connectivity index (χ3v) is 4.57. The fourth-order valence-corrected chi connectivity index (χ4v) is 3.25. The lowest BCUT2D eigenvalue weighted by Crippen LogP contribution is -2.24. The highest BCUT2D eigenvalue weighted by atomic mass is 16.1. The molecule has 0 aliphatic carbocycles. The fourth-order valence-electron chi connectivity index (χ4n) is 3.25. The molecule has 5 nitrogen and oxygen atoms in total. The number of aromatic nitrogens is 2. The summed E-state index contributed by atoms with van der Waals surface area (Å²) in [6.45, 7) is 1.05. The zero-order valence-corrected chi connectivity index (χ0v) is 14.1. The molecule has 0 saturated carbocycles. The summed E-state index contributed by atoms with van der Waals surface area (Å²) < 4.78 is 1.74. The highest BCUT2D eigenvalue weighted by Gasteiger charge is 2.15. The van der Waals surface area contributed by atoms with Crippen LogP contribution < -0.4 is 10.2 Å². The van der Waals surface area contributed by atoms with Gasteiger partial charge in [-0.15, -0.1) is 0 Å². The maximum atomic E-state index is 12.6. The maximum absolute atomic E-state index is 12.6. The lowest BCUT2D eigenvalue weighted by molar-refractivity contribution is 0.102. The van der Waals surface area contributed by atoms with Gasteiger partial charge in [0.2, 0.25) is 0 Å². The Labute approximate surface area is 146 Å². The molecule has 0 radical (unpaired) electrons. The molecule has 3 aromatic rings. The number of hydrogen-bond donors (Lipinski definition) is 1. The Morgan fingerprint density at radius 3 is 2.92 bits per heavy atom. The summed E-state index contributed by atoms with van der Waals surface area (Å²) in [4.78, 5) is 14.9. The first-order valence-electron chi connectivity index (χ1n) is 8.46. The van der Waals surface area contributed by atoms with Crippen LogP contribution in [0.3, 0.4) is 0 Å². The molecule has 5 heteroatoms. The standard InChI is InChI=1S/C20H20N4O/c1-23-11-3-6-15-8-9-17(14-19(15)23)22-20(25)16-5-2-7-18(13-16)24-12-4-10-21-24/h2,4-5,7-10,12-14H,3,6,11H2,1H3,(H,22,25). The maximum Gasteiger partial charge on any atom is 0.255 e. The van der Waals surface area contributed by atoms with Crippen LogP contribution in [0.5, 0.6) is 0 Å². The molecule has 0 fully saturated rings. The minimum Gasteiger partial charge on any atom is -0.374 e. The normalized spacial score (nSPS) is 13.4. The van der Waals surface area contributed by atoms with Crippen LogP contribution >= 0.6 is 0 Å². The molecular weight excluding hydrogens is 312 g/mol. The molecule has 0 bridgehead atoms. The van der Waals surface area contributed by atoms with Gasteiger partial charge in [-0.2, -0.15) is 5.10 Å². The number of rotatable bonds is 3. The average Bonchev–Trinajstić information content (AvgIpc) is 3.17. The van der Waals surface area contributed by atoms with E-state index < -0.39 is 0 Å². The molecule has 0 unspecified atom stereocenters. The summed E-state index contributed by atoms with van der Waals surface area (Å²) >= 11 is 0. The number of hydrogen-bond acceptors (Lipinski definition) is 3. The van der Waals surface area contributed by atoms with Gasteiger partial charge in [-0.25, -0.2) is 4.68 Å². The van der Waals surface area contributed by atoms with E-state index >= 15 is 0 Å². The van der Waals surface area contributed by atoms with Gasteiger partial charge in [-0.3, -0.25) is 4.79 Å². The summed E-state index contributed by atoms with van der Waals surface area (Å²) in [5.74, 6) is -0.118. The van der Waals surface area contributed by atoms with E-state index in [-0.39, 0.29) is 5.91 Å². The predicted molar refractivity (Wildman–Crippen MR) is 99.6 cm³/mol. The van der Waals surface area contributed by atoms with E-state index in [9.17, 15) is 4.79 Å². The van der Waals surface area contributed by atoms with Crippen LogP contribution in [-0.2, 0) is 6.42 Å². The Balaban J connectivity index is 1.56. The number of benzene rings is 2. The summed E-state index contributed by atoms with van der Waals surface area (Å²) in [5.41, 5.74) is 4.84. The second-order valence-corrected chi connectivity index (χ2v) is 6.32. The minimum absolute atomic E-state index is 0.118. The topological polar surface area (TPSA) is 50.2 Å². The lowest BCUT2D eigenvalue weighted by atomic mass is 10.0. The van der Waals surface area contributed by atoms with Gasteiger partial charge in [0.1, 0.15) is 0 Å². The summed E-state index contributed by atoms with van der Waals surface area (Å²) in [6.07, 6.45) is 5.85. The third-order valence-electron chi connectivity index (χ3n) is 4.57. The van der Waals surface area contributed by atoms with Gasteiger partial charge in [-0.05, 0) is 54.8 Å². The Morgan fingerprint density at radius 1 is 1.16 bits per heavy atom. The first-order chi connectivity index (χ1) is 12.2. The zero-order valence-electron chi connectivity index (χ0n) is 14.1. The van der Waals surface area contributed by atoms with Gasteiger partial charge in [0, 0.05) is 42.9 Å². The quantitative estimate of drug-likeness (QED) is 0.798. The molecule has 2 aromatic carbocycles. The van der Waals surface area contributed by atoms with Gasteiger partial charge in [-0.1, -0.05) is 12.1 Å². The molecule has 0 saturated heterocycles. The van der Waals surface area contributed by atoms with Crippen molar-refractivity contribution in [2.45, 2.75) is 12.8 Å². The smallest absolute Gasteiger partial charge is 0.255 e. The van der Waals surface area contributed by atoms with Crippen LogP contribution in [0.25, 0.3) is 5.69 Å². The van der Waals surface area contributed by atoms with Crippen LogP contribution in [0.15, 0.2) is 60.9 Å². The number of nitrogens with zero attached hydrogens (tertiary/aromatic N) is 3. The van der Waals surface area contributed by atoms with Gasteiger partial charge >= 0.3 is 0 Å². The second kappa shape index (κ2) is 6.43. The van der Waals surface area contributed by atoms with Crippen molar-refractivity contribution in [2.75, 3.05) is 23.8 Å². The van der Waals surface area contributed by atoms with Crippen LogP contribution in [0, 0.1) is 0 Å². The van der Waals surface area contributed by atoms with E-state index in [1.165, 1.54) is 17.7 Å². The molecular formula is C20H20N4O. The van der Waals surface area contributed by atoms with E-state index in [1.807, 2.05) is 42.6 Å². The number of carbonyl (C=O) groups excluding carboxylic acids is 1.